The Labute approximate surface area is 207 Å². The van der Waals surface area contributed by atoms with Gasteiger partial charge < -0.3 is 10.2 Å². The molecule has 1 aromatic carbocycles. The number of carbonyl (C=O) groups excluding carboxylic acids is 1. The first-order valence-electron chi connectivity index (χ1n) is 12.6. The molecule has 0 saturated carbocycles. The third-order valence-electron chi connectivity index (χ3n) is 7.52. The maximum absolute atomic E-state index is 12.5. The molecule has 182 valence electrons. The summed E-state index contributed by atoms with van der Waals surface area (Å²) in [7, 11) is -1.82. The van der Waals surface area contributed by atoms with Crippen LogP contribution in [-0.2, 0) is 4.79 Å². The van der Waals surface area contributed by atoms with Gasteiger partial charge in [-0.25, -0.2) is 4.98 Å². The summed E-state index contributed by atoms with van der Waals surface area (Å²) in [4.78, 5) is 19.1. The van der Waals surface area contributed by atoms with Crippen LogP contribution in [0.1, 0.15) is 84.7 Å². The molecule has 5 heteroatoms. The van der Waals surface area contributed by atoms with Gasteiger partial charge in [0, 0.05) is 29.9 Å². The zero-order chi connectivity index (χ0) is 25.2. The minimum Gasteiger partial charge on any atom is -0.363 e. The average molecular weight is 476 g/mol. The Balaban J connectivity index is 2.08. The van der Waals surface area contributed by atoms with Crippen molar-refractivity contribution < 1.29 is 4.79 Å². The van der Waals surface area contributed by atoms with Gasteiger partial charge in [-0.15, -0.1) is 5.54 Å². The lowest BCUT2D eigenvalue weighted by atomic mass is 9.90. The van der Waals surface area contributed by atoms with Crippen molar-refractivity contribution in [2.45, 2.75) is 97.4 Å². The fourth-order valence-corrected chi connectivity index (χ4v) is 11.2. The molecule has 34 heavy (non-hydrogen) atoms. The van der Waals surface area contributed by atoms with Crippen LogP contribution < -0.4 is 10.2 Å². The van der Waals surface area contributed by atoms with Gasteiger partial charge in [0.25, 0.3) is 0 Å². The first-order valence-corrected chi connectivity index (χ1v) is 14.9. The molecule has 0 saturated heterocycles. The number of anilines is 2. The molecular formula is C29H41N3OSi. The van der Waals surface area contributed by atoms with E-state index in [1.807, 2.05) is 30.0 Å². The van der Waals surface area contributed by atoms with Crippen molar-refractivity contribution in [1.29, 1.82) is 0 Å². The van der Waals surface area contributed by atoms with E-state index < -0.39 is 8.07 Å². The maximum atomic E-state index is 12.5. The van der Waals surface area contributed by atoms with Gasteiger partial charge in [0.15, 0.2) is 0 Å². The van der Waals surface area contributed by atoms with Gasteiger partial charge in [0.05, 0.1) is 6.04 Å². The summed E-state index contributed by atoms with van der Waals surface area (Å²) in [5.74, 6) is 4.53. The Bertz CT molecular complexity index is 1070. The van der Waals surface area contributed by atoms with E-state index in [4.69, 9.17) is 0 Å². The van der Waals surface area contributed by atoms with Crippen molar-refractivity contribution >= 4 is 25.5 Å². The highest BCUT2D eigenvalue weighted by Crippen LogP contribution is 2.42. The third kappa shape index (κ3) is 5.07. The largest absolute Gasteiger partial charge is 0.363 e. The lowest BCUT2D eigenvalue weighted by Crippen LogP contribution is -2.43. The minimum absolute atomic E-state index is 0.0685. The van der Waals surface area contributed by atoms with Crippen LogP contribution in [-0.4, -0.2) is 25.0 Å². The number of benzene rings is 1. The fraction of sp³-hybridized carbons (Fsp3) is 0.517. The summed E-state index contributed by atoms with van der Waals surface area (Å²) < 4.78 is 0. The Morgan fingerprint density at radius 2 is 1.74 bits per heavy atom. The van der Waals surface area contributed by atoms with Crippen molar-refractivity contribution in [3.63, 3.8) is 0 Å². The Kier molecular flexibility index (Phi) is 7.93. The second-order valence-electron chi connectivity index (χ2n) is 10.8. The number of aryl methyl sites for hydroxylation is 1. The second kappa shape index (κ2) is 10.4. The predicted molar refractivity (Wildman–Crippen MR) is 147 cm³/mol. The monoisotopic (exact) mass is 475 g/mol. The third-order valence-corrected chi connectivity index (χ3v) is 13.8. The van der Waals surface area contributed by atoms with Crippen molar-refractivity contribution in [2.75, 3.05) is 10.2 Å². The lowest BCUT2D eigenvalue weighted by Gasteiger charge is -2.39. The van der Waals surface area contributed by atoms with Gasteiger partial charge in [-0.3, -0.25) is 4.79 Å². The van der Waals surface area contributed by atoms with Crippen molar-refractivity contribution in [1.82, 2.24) is 4.98 Å². The zero-order valence-electron chi connectivity index (χ0n) is 22.4. The number of rotatable bonds is 5. The smallest absolute Gasteiger partial charge is 0.224 e. The van der Waals surface area contributed by atoms with Gasteiger partial charge in [0.2, 0.25) is 5.91 Å². The highest BCUT2D eigenvalue weighted by atomic mass is 28.3. The Hall–Kier alpha value is -2.58. The topological polar surface area (TPSA) is 45.2 Å². The molecule has 0 bridgehead atoms. The molecule has 0 radical (unpaired) electrons. The molecular weight excluding hydrogens is 434 g/mol. The molecule has 0 unspecified atom stereocenters. The van der Waals surface area contributed by atoms with Gasteiger partial charge in [-0.2, -0.15) is 0 Å². The first-order chi connectivity index (χ1) is 16.0. The van der Waals surface area contributed by atoms with E-state index in [1.165, 1.54) is 0 Å². The summed E-state index contributed by atoms with van der Waals surface area (Å²) in [5, 5.41) is 3.63. The summed E-state index contributed by atoms with van der Waals surface area (Å²) >= 11 is 0. The average Bonchev–Trinajstić information content (AvgIpc) is 2.73. The van der Waals surface area contributed by atoms with E-state index in [0.29, 0.717) is 16.6 Å². The van der Waals surface area contributed by atoms with E-state index >= 15 is 0 Å². The number of amides is 1. The van der Waals surface area contributed by atoms with Crippen LogP contribution in [0.25, 0.3) is 0 Å². The van der Waals surface area contributed by atoms with Crippen molar-refractivity contribution in [3.05, 3.63) is 53.2 Å². The van der Waals surface area contributed by atoms with E-state index in [9.17, 15) is 4.79 Å². The van der Waals surface area contributed by atoms with Crippen molar-refractivity contribution in [3.8, 4) is 11.5 Å². The number of hydrogen-bond donors (Lipinski definition) is 1. The molecule has 1 aromatic heterocycles. The second-order valence-corrected chi connectivity index (χ2v) is 16.3. The van der Waals surface area contributed by atoms with Crippen molar-refractivity contribution in [2.24, 2.45) is 0 Å². The predicted octanol–water partition coefficient (Wildman–Crippen LogP) is 7.26. The van der Waals surface area contributed by atoms with Gasteiger partial charge in [0.1, 0.15) is 13.9 Å². The van der Waals surface area contributed by atoms with E-state index in [1.54, 1.807) is 6.92 Å². The molecule has 0 spiro atoms. The number of aromatic nitrogens is 1. The van der Waals surface area contributed by atoms with Crippen LogP contribution in [0.15, 0.2) is 36.4 Å². The molecule has 0 aliphatic carbocycles. The molecule has 0 fully saturated rings. The number of fused-ring (bicyclic) bond motifs is 1. The molecule has 1 aliphatic rings. The number of carbonyl (C=O) groups is 1. The Morgan fingerprint density at radius 3 is 2.29 bits per heavy atom. The molecule has 1 N–H and O–H groups in total. The number of nitrogens with zero attached hydrogens (tertiary/aromatic N) is 2. The molecule has 4 nitrogen and oxygen atoms in total. The van der Waals surface area contributed by atoms with E-state index in [2.05, 4.69) is 88.4 Å². The minimum atomic E-state index is -1.82. The van der Waals surface area contributed by atoms with Gasteiger partial charge in [-0.1, -0.05) is 53.5 Å². The van der Waals surface area contributed by atoms with Crippen LogP contribution in [0.2, 0.25) is 16.6 Å². The Morgan fingerprint density at radius 1 is 1.09 bits per heavy atom. The van der Waals surface area contributed by atoms with Crippen LogP contribution in [0, 0.1) is 18.4 Å². The van der Waals surface area contributed by atoms with Crippen LogP contribution >= 0.6 is 0 Å². The van der Waals surface area contributed by atoms with E-state index in [0.717, 1.165) is 34.7 Å². The van der Waals surface area contributed by atoms with Gasteiger partial charge >= 0.3 is 0 Å². The quantitative estimate of drug-likeness (QED) is 0.366. The number of hydrogen-bond acceptors (Lipinski definition) is 3. The summed E-state index contributed by atoms with van der Waals surface area (Å²) in [6.45, 7) is 19.8. The summed E-state index contributed by atoms with van der Waals surface area (Å²) in [5.41, 5.74) is 9.72. The van der Waals surface area contributed by atoms with Gasteiger partial charge in [-0.05, 0) is 72.8 Å². The van der Waals surface area contributed by atoms with Crippen LogP contribution in [0.3, 0.4) is 0 Å². The van der Waals surface area contributed by atoms with Crippen LogP contribution in [0.4, 0.5) is 11.5 Å². The molecule has 2 atom stereocenters. The lowest BCUT2D eigenvalue weighted by molar-refractivity contribution is -0.117. The normalized spacial score (nSPS) is 18.1. The zero-order valence-corrected chi connectivity index (χ0v) is 23.4. The van der Waals surface area contributed by atoms with Crippen LogP contribution in [0.5, 0.6) is 0 Å². The summed E-state index contributed by atoms with van der Waals surface area (Å²) in [6, 6.07) is 12.6. The standard InChI is InChI=1S/C29H41N3OSi/c1-19(2)34(20(3)4,21(5)6)16-15-25-13-14-28-26(18-25)27(17-23(8)32(28)24(9)33)31-29-12-10-11-22(7)30-29/h10-14,18-21,23,27H,17H2,1-9H3,(H,30,31)/t23-,27+/m0/s1. The highest BCUT2D eigenvalue weighted by molar-refractivity contribution is 6.90. The molecule has 1 aliphatic heterocycles. The number of nitrogens with one attached hydrogen (secondary N) is 1. The first kappa shape index (κ1) is 26.0. The number of pyridine rings is 1. The van der Waals surface area contributed by atoms with E-state index in [-0.39, 0.29) is 18.0 Å². The fourth-order valence-electron chi connectivity index (χ4n) is 5.97. The molecule has 3 rings (SSSR count). The maximum Gasteiger partial charge on any atom is 0.224 e. The molecule has 2 aromatic rings. The molecule has 1 amide bonds. The molecule has 2 heterocycles. The SMILES string of the molecule is CC(=O)N1c2ccc(C#C[Si](C(C)C)(C(C)C)C(C)C)cc2[C@H](Nc2cccc(C)n2)C[C@@H]1C. The summed E-state index contributed by atoms with van der Waals surface area (Å²) in [6.07, 6.45) is 0.821. The highest BCUT2D eigenvalue weighted by Gasteiger charge is 2.41.